The fourth-order valence-electron chi connectivity index (χ4n) is 2.91. The largest absolute Gasteiger partial charge is 0.461 e. The molecule has 0 aliphatic heterocycles. The molecule has 4 aromatic rings. The van der Waals surface area contributed by atoms with E-state index in [2.05, 4.69) is 20.4 Å². The lowest BCUT2D eigenvalue weighted by Gasteiger charge is -2.14. The Bertz CT molecular complexity index is 1090. The van der Waals surface area contributed by atoms with Crippen molar-refractivity contribution < 1.29 is 8.81 Å². The molecule has 1 N–H and O–H groups in total. The predicted molar refractivity (Wildman–Crippen MR) is 97.0 cm³/mol. The summed E-state index contributed by atoms with van der Waals surface area (Å²) in [6, 6.07) is 8.63. The second kappa shape index (κ2) is 6.25. The van der Waals surface area contributed by atoms with Gasteiger partial charge in [0.25, 0.3) is 5.78 Å². The summed E-state index contributed by atoms with van der Waals surface area (Å²) in [6.45, 7) is 5.71. The fourth-order valence-corrected chi connectivity index (χ4v) is 2.91. The van der Waals surface area contributed by atoms with E-state index in [1.807, 2.05) is 19.9 Å². The molecule has 0 unspecified atom stereocenters. The third-order valence-electron chi connectivity index (χ3n) is 4.32. The first-order chi connectivity index (χ1) is 12.6. The lowest BCUT2D eigenvalue weighted by atomic mass is 10.1. The molecular weight excluding hydrogens is 333 g/mol. The number of fused-ring (bicyclic) bond motifs is 1. The molecule has 0 aliphatic rings. The van der Waals surface area contributed by atoms with E-state index in [4.69, 9.17) is 4.42 Å². The number of anilines is 2. The van der Waals surface area contributed by atoms with Crippen molar-refractivity contribution in [3.05, 3.63) is 59.2 Å². The van der Waals surface area contributed by atoms with E-state index in [9.17, 15) is 4.39 Å². The molecule has 0 atom stereocenters. The van der Waals surface area contributed by atoms with Crippen LogP contribution in [0, 0.1) is 19.7 Å². The molecule has 0 fully saturated rings. The minimum Gasteiger partial charge on any atom is -0.461 e. The van der Waals surface area contributed by atoms with Gasteiger partial charge < -0.3 is 9.73 Å². The zero-order valence-electron chi connectivity index (χ0n) is 14.7. The highest BCUT2D eigenvalue weighted by molar-refractivity contribution is 5.64. The minimum atomic E-state index is -0.259. The van der Waals surface area contributed by atoms with Crippen LogP contribution in [0.4, 0.5) is 15.9 Å². The average Bonchev–Trinajstić information content (AvgIpc) is 3.27. The summed E-state index contributed by atoms with van der Waals surface area (Å²) in [5, 5.41) is 7.82. The Kier molecular flexibility index (Phi) is 3.91. The monoisotopic (exact) mass is 351 g/mol. The van der Waals surface area contributed by atoms with Crippen molar-refractivity contribution in [2.75, 3.05) is 5.32 Å². The van der Waals surface area contributed by atoms with E-state index >= 15 is 0 Å². The number of hydrogen-bond donors (Lipinski definition) is 1. The van der Waals surface area contributed by atoms with Gasteiger partial charge in [0.15, 0.2) is 5.76 Å². The van der Waals surface area contributed by atoms with Crippen LogP contribution in [0.25, 0.3) is 17.4 Å². The van der Waals surface area contributed by atoms with E-state index in [0.29, 0.717) is 28.6 Å². The van der Waals surface area contributed by atoms with Gasteiger partial charge >= 0.3 is 0 Å². The minimum absolute atomic E-state index is 0.259. The first-order valence-electron chi connectivity index (χ1n) is 8.40. The normalized spacial score (nSPS) is 11.2. The highest BCUT2D eigenvalue weighted by atomic mass is 19.1. The summed E-state index contributed by atoms with van der Waals surface area (Å²) < 4.78 is 21.0. The molecule has 3 heterocycles. The van der Waals surface area contributed by atoms with Crippen molar-refractivity contribution in [3.8, 4) is 11.6 Å². The second-order valence-electron chi connectivity index (χ2n) is 6.09. The van der Waals surface area contributed by atoms with Gasteiger partial charge in [-0.25, -0.2) is 9.37 Å². The van der Waals surface area contributed by atoms with E-state index in [1.54, 1.807) is 35.9 Å². The smallest absolute Gasteiger partial charge is 0.255 e. The average molecular weight is 351 g/mol. The van der Waals surface area contributed by atoms with Crippen molar-refractivity contribution >= 4 is 17.3 Å². The molecule has 0 amide bonds. The molecule has 7 heteroatoms. The molecule has 26 heavy (non-hydrogen) atoms. The van der Waals surface area contributed by atoms with Gasteiger partial charge in [0, 0.05) is 16.9 Å². The molecule has 4 rings (SSSR count). The molecular formula is C19H18FN5O. The van der Waals surface area contributed by atoms with Crippen molar-refractivity contribution in [3.63, 3.8) is 0 Å². The first kappa shape index (κ1) is 16.3. The first-order valence-corrected chi connectivity index (χ1v) is 8.40. The van der Waals surface area contributed by atoms with Gasteiger partial charge in [-0.05, 0) is 50.1 Å². The SMILES string of the molecule is CCc1c(C)nc2nc(-c3ccco3)nn2c1Nc1ccc(C)c(F)c1. The molecule has 0 saturated heterocycles. The fraction of sp³-hybridized carbons (Fsp3) is 0.211. The number of nitrogens with zero attached hydrogens (tertiary/aromatic N) is 4. The number of nitrogens with one attached hydrogen (secondary N) is 1. The zero-order chi connectivity index (χ0) is 18.3. The van der Waals surface area contributed by atoms with Crippen molar-refractivity contribution in [1.82, 2.24) is 19.6 Å². The van der Waals surface area contributed by atoms with Crippen LogP contribution in [0.5, 0.6) is 0 Å². The number of furan rings is 1. The Balaban J connectivity index is 1.88. The van der Waals surface area contributed by atoms with Crippen molar-refractivity contribution in [2.45, 2.75) is 27.2 Å². The van der Waals surface area contributed by atoms with Crippen LogP contribution in [0.2, 0.25) is 0 Å². The predicted octanol–water partition coefficient (Wildman–Crippen LogP) is 4.45. The zero-order valence-corrected chi connectivity index (χ0v) is 14.7. The molecule has 0 aliphatic carbocycles. The number of aryl methyl sites for hydroxylation is 2. The molecule has 3 aromatic heterocycles. The van der Waals surface area contributed by atoms with Gasteiger partial charge in [0.05, 0.1) is 6.26 Å². The highest BCUT2D eigenvalue weighted by Crippen LogP contribution is 2.27. The van der Waals surface area contributed by atoms with Crippen LogP contribution in [0.1, 0.15) is 23.7 Å². The molecule has 132 valence electrons. The van der Waals surface area contributed by atoms with Crippen LogP contribution in [-0.2, 0) is 6.42 Å². The Morgan fingerprint density at radius 3 is 2.73 bits per heavy atom. The Morgan fingerprint density at radius 1 is 1.19 bits per heavy atom. The molecule has 1 aromatic carbocycles. The van der Waals surface area contributed by atoms with Gasteiger partial charge in [-0.2, -0.15) is 9.50 Å². The summed E-state index contributed by atoms with van der Waals surface area (Å²) >= 11 is 0. The lowest BCUT2D eigenvalue weighted by Crippen LogP contribution is -2.08. The quantitative estimate of drug-likeness (QED) is 0.588. The van der Waals surface area contributed by atoms with Crippen molar-refractivity contribution in [1.29, 1.82) is 0 Å². The van der Waals surface area contributed by atoms with Gasteiger partial charge in [0.1, 0.15) is 11.6 Å². The van der Waals surface area contributed by atoms with Crippen LogP contribution < -0.4 is 5.32 Å². The Hall–Kier alpha value is -3.22. The molecule has 0 radical (unpaired) electrons. The van der Waals surface area contributed by atoms with Gasteiger partial charge in [0.2, 0.25) is 5.82 Å². The van der Waals surface area contributed by atoms with Crippen molar-refractivity contribution in [2.24, 2.45) is 0 Å². The third-order valence-corrected chi connectivity index (χ3v) is 4.32. The summed E-state index contributed by atoms with van der Waals surface area (Å²) in [5.41, 5.74) is 3.09. The second-order valence-corrected chi connectivity index (χ2v) is 6.09. The maximum Gasteiger partial charge on any atom is 0.255 e. The van der Waals surface area contributed by atoms with Crippen LogP contribution >= 0.6 is 0 Å². The lowest BCUT2D eigenvalue weighted by molar-refractivity contribution is 0.577. The third kappa shape index (κ3) is 2.71. The van der Waals surface area contributed by atoms with E-state index in [-0.39, 0.29) is 5.82 Å². The standard InChI is InChI=1S/C19H18FN5O/c1-4-14-12(3)21-19-23-17(16-6-5-9-26-16)24-25(19)18(14)22-13-8-7-11(2)15(20)10-13/h5-10,22H,4H2,1-3H3. The van der Waals surface area contributed by atoms with Crippen LogP contribution in [0.3, 0.4) is 0 Å². The number of hydrogen-bond acceptors (Lipinski definition) is 5. The number of benzene rings is 1. The number of aromatic nitrogens is 4. The number of halogens is 1. The maximum atomic E-state index is 13.9. The van der Waals surface area contributed by atoms with Gasteiger partial charge in [-0.15, -0.1) is 5.10 Å². The molecule has 0 spiro atoms. The molecule has 0 saturated carbocycles. The van der Waals surface area contributed by atoms with E-state index in [0.717, 1.165) is 23.5 Å². The summed E-state index contributed by atoms with van der Waals surface area (Å²) in [4.78, 5) is 9.00. The van der Waals surface area contributed by atoms with Crippen LogP contribution in [-0.4, -0.2) is 19.6 Å². The Labute approximate surface area is 149 Å². The Morgan fingerprint density at radius 2 is 2.04 bits per heavy atom. The topological polar surface area (TPSA) is 68.2 Å². The molecule has 0 bridgehead atoms. The summed E-state index contributed by atoms with van der Waals surface area (Å²) in [6.07, 6.45) is 2.33. The van der Waals surface area contributed by atoms with E-state index in [1.165, 1.54) is 6.07 Å². The summed E-state index contributed by atoms with van der Waals surface area (Å²) in [7, 11) is 0. The highest BCUT2D eigenvalue weighted by Gasteiger charge is 2.17. The summed E-state index contributed by atoms with van der Waals surface area (Å²) in [5.74, 6) is 1.95. The maximum absolute atomic E-state index is 13.9. The van der Waals surface area contributed by atoms with E-state index < -0.39 is 0 Å². The van der Waals surface area contributed by atoms with Gasteiger partial charge in [-0.1, -0.05) is 13.0 Å². The number of rotatable bonds is 4. The van der Waals surface area contributed by atoms with Crippen LogP contribution in [0.15, 0.2) is 41.0 Å². The van der Waals surface area contributed by atoms with Gasteiger partial charge in [-0.3, -0.25) is 0 Å². The molecule has 6 nitrogen and oxygen atoms in total.